The van der Waals surface area contributed by atoms with E-state index in [4.69, 9.17) is 8.94 Å². The first-order valence-electron chi connectivity index (χ1n) is 12.8. The molecule has 1 fully saturated rings. The Labute approximate surface area is 217 Å². The van der Waals surface area contributed by atoms with E-state index in [1.54, 1.807) is 4.90 Å². The summed E-state index contributed by atoms with van der Waals surface area (Å²) in [5, 5.41) is 28.7. The van der Waals surface area contributed by atoms with Gasteiger partial charge in [0.15, 0.2) is 12.2 Å². The molecule has 200 valence electrons. The van der Waals surface area contributed by atoms with Crippen molar-refractivity contribution in [3.8, 4) is 11.3 Å². The number of aliphatic hydroxyl groups excluding tert-OH is 2. The molecule has 1 aliphatic heterocycles. The van der Waals surface area contributed by atoms with Crippen molar-refractivity contribution in [1.29, 1.82) is 0 Å². The second-order valence-corrected chi connectivity index (χ2v) is 11.3. The normalized spacial score (nSPS) is 20.0. The second-order valence-electron chi connectivity index (χ2n) is 11.3. The third-order valence-electron chi connectivity index (χ3n) is 6.98. The fourth-order valence-corrected chi connectivity index (χ4v) is 4.81. The van der Waals surface area contributed by atoms with E-state index in [0.29, 0.717) is 12.3 Å². The molecule has 1 aliphatic rings. The summed E-state index contributed by atoms with van der Waals surface area (Å²) in [6.45, 7) is 12.5. The van der Waals surface area contributed by atoms with Gasteiger partial charge < -0.3 is 24.1 Å². The zero-order valence-corrected chi connectivity index (χ0v) is 22.4. The highest BCUT2D eigenvalue weighted by molar-refractivity contribution is 5.84. The highest BCUT2D eigenvalue weighted by atomic mass is 16.5. The predicted octanol–water partition coefficient (Wildman–Crippen LogP) is 3.75. The molecule has 9 heteroatoms. The number of nitrogens with one attached hydrogen (secondary N) is 1. The molecule has 0 spiro atoms. The number of aliphatic hydroxyl groups is 2. The first-order valence-corrected chi connectivity index (χ1v) is 12.8. The van der Waals surface area contributed by atoms with E-state index < -0.39 is 24.3 Å². The van der Waals surface area contributed by atoms with Crippen molar-refractivity contribution in [1.82, 2.24) is 20.4 Å². The predicted molar refractivity (Wildman–Crippen MR) is 138 cm³/mol. The Morgan fingerprint density at radius 1 is 1.24 bits per heavy atom. The lowest BCUT2D eigenvalue weighted by Crippen LogP contribution is -2.50. The summed E-state index contributed by atoms with van der Waals surface area (Å²) < 4.78 is 11.1. The average Bonchev–Trinajstić information content (AvgIpc) is 3.57. The fraction of sp³-hybridized carbons (Fsp3) is 0.536. The van der Waals surface area contributed by atoms with Crippen LogP contribution in [-0.4, -0.2) is 56.1 Å². The van der Waals surface area contributed by atoms with Gasteiger partial charge in [0, 0.05) is 30.1 Å². The Balaban J connectivity index is 1.44. The summed E-state index contributed by atoms with van der Waals surface area (Å²) in [4.78, 5) is 19.4. The van der Waals surface area contributed by atoms with Gasteiger partial charge in [0.25, 0.3) is 0 Å². The lowest BCUT2D eigenvalue weighted by atomic mass is 9.88. The van der Waals surface area contributed by atoms with Gasteiger partial charge in [-0.1, -0.05) is 64.0 Å². The maximum absolute atomic E-state index is 13.7. The molecule has 3 aromatic rings. The van der Waals surface area contributed by atoms with Crippen LogP contribution in [0.5, 0.6) is 0 Å². The van der Waals surface area contributed by atoms with Gasteiger partial charge in [-0.2, -0.15) is 0 Å². The molecule has 1 saturated heterocycles. The number of aromatic nitrogens is 2. The number of hydrogen-bond donors (Lipinski definition) is 3. The highest BCUT2D eigenvalue weighted by Crippen LogP contribution is 2.33. The largest absolute Gasteiger partial charge is 0.443 e. The summed E-state index contributed by atoms with van der Waals surface area (Å²) in [6.07, 6.45) is 0.000346. The minimum Gasteiger partial charge on any atom is -0.443 e. The molecule has 3 heterocycles. The van der Waals surface area contributed by atoms with E-state index >= 15 is 0 Å². The number of aryl methyl sites for hydroxylation is 1. The number of carbonyl (C=O) groups is 1. The minimum atomic E-state index is -1.01. The number of β-amino-alcohol motifs (C(OH)–C–C–N with tert-alkyl or cyclic N) is 1. The fourth-order valence-electron chi connectivity index (χ4n) is 4.81. The summed E-state index contributed by atoms with van der Waals surface area (Å²) in [6, 6.07) is 9.09. The SMILES string of the molecule is Cc1ncoc1-c1ccc(CNC(O)C2CC(O)CN2C(=O)C(c2cc(C(C)(C)C)no2)C(C)C)cc1. The highest BCUT2D eigenvalue weighted by Gasteiger charge is 2.43. The van der Waals surface area contributed by atoms with Gasteiger partial charge in [-0.05, 0) is 24.8 Å². The molecule has 2 aromatic heterocycles. The van der Waals surface area contributed by atoms with E-state index in [-0.39, 0.29) is 30.2 Å². The van der Waals surface area contributed by atoms with E-state index in [2.05, 4.69) is 15.5 Å². The molecule has 1 aromatic carbocycles. The van der Waals surface area contributed by atoms with Crippen molar-refractivity contribution in [3.05, 3.63) is 59.4 Å². The number of likely N-dealkylation sites (tertiary alicyclic amines) is 1. The Kier molecular flexibility index (Phi) is 7.87. The molecule has 0 bridgehead atoms. The molecule has 4 unspecified atom stereocenters. The lowest BCUT2D eigenvalue weighted by molar-refractivity contribution is -0.138. The molecule has 4 rings (SSSR count). The first kappa shape index (κ1) is 27.0. The lowest BCUT2D eigenvalue weighted by Gasteiger charge is -2.32. The molecular formula is C28H38N4O5. The van der Waals surface area contributed by atoms with Crippen LogP contribution in [-0.2, 0) is 16.8 Å². The van der Waals surface area contributed by atoms with Crippen LogP contribution < -0.4 is 5.32 Å². The maximum Gasteiger partial charge on any atom is 0.234 e. The number of amides is 1. The summed E-state index contributed by atoms with van der Waals surface area (Å²) in [5.41, 5.74) is 3.30. The van der Waals surface area contributed by atoms with E-state index in [1.807, 2.05) is 71.9 Å². The van der Waals surface area contributed by atoms with E-state index in [1.165, 1.54) is 6.39 Å². The van der Waals surface area contributed by atoms with Gasteiger partial charge in [-0.15, -0.1) is 0 Å². The third-order valence-corrected chi connectivity index (χ3v) is 6.98. The maximum atomic E-state index is 13.7. The average molecular weight is 511 g/mol. The number of oxazole rings is 1. The Morgan fingerprint density at radius 2 is 1.95 bits per heavy atom. The number of hydrogen-bond acceptors (Lipinski definition) is 8. The van der Waals surface area contributed by atoms with Crippen LogP contribution in [0.15, 0.2) is 45.7 Å². The number of rotatable bonds is 8. The Hall–Kier alpha value is -3.01. The van der Waals surface area contributed by atoms with Crippen LogP contribution in [0.4, 0.5) is 0 Å². The standard InChI is InChI=1S/C28H38N4O5/c1-16(2)24(22-12-23(31-37-22)28(4,5)6)27(35)32-14-20(33)11-21(32)26(34)29-13-18-7-9-19(10-8-18)25-17(3)30-15-36-25/h7-10,12,15-16,20-21,24,26,29,33-34H,11,13-14H2,1-6H3. The van der Waals surface area contributed by atoms with Crippen LogP contribution in [0.2, 0.25) is 0 Å². The molecular weight excluding hydrogens is 472 g/mol. The van der Waals surface area contributed by atoms with Crippen LogP contribution in [0, 0.1) is 12.8 Å². The molecule has 0 saturated carbocycles. The van der Waals surface area contributed by atoms with Crippen LogP contribution in [0.1, 0.15) is 69.7 Å². The van der Waals surface area contributed by atoms with Crippen molar-refractivity contribution in [2.75, 3.05) is 6.54 Å². The quantitative estimate of drug-likeness (QED) is 0.392. The molecule has 9 nitrogen and oxygen atoms in total. The number of benzene rings is 1. The van der Waals surface area contributed by atoms with Gasteiger partial charge in [0.1, 0.15) is 17.9 Å². The molecule has 0 radical (unpaired) electrons. The van der Waals surface area contributed by atoms with Crippen LogP contribution in [0.3, 0.4) is 0 Å². The van der Waals surface area contributed by atoms with Crippen molar-refractivity contribution in [2.45, 2.75) is 84.2 Å². The van der Waals surface area contributed by atoms with E-state index in [0.717, 1.165) is 28.3 Å². The summed E-state index contributed by atoms with van der Waals surface area (Å²) >= 11 is 0. The van der Waals surface area contributed by atoms with Gasteiger partial charge in [-0.3, -0.25) is 10.1 Å². The molecule has 4 atom stereocenters. The molecule has 1 amide bonds. The van der Waals surface area contributed by atoms with Crippen molar-refractivity contribution < 1.29 is 23.9 Å². The van der Waals surface area contributed by atoms with Gasteiger partial charge in [0.2, 0.25) is 5.91 Å². The monoisotopic (exact) mass is 510 g/mol. The van der Waals surface area contributed by atoms with Crippen molar-refractivity contribution in [3.63, 3.8) is 0 Å². The molecule has 3 N–H and O–H groups in total. The van der Waals surface area contributed by atoms with Gasteiger partial charge >= 0.3 is 0 Å². The van der Waals surface area contributed by atoms with E-state index in [9.17, 15) is 15.0 Å². The zero-order chi connectivity index (χ0) is 26.9. The van der Waals surface area contributed by atoms with Gasteiger partial charge in [-0.25, -0.2) is 4.98 Å². The van der Waals surface area contributed by atoms with Crippen molar-refractivity contribution in [2.24, 2.45) is 5.92 Å². The smallest absolute Gasteiger partial charge is 0.234 e. The Morgan fingerprint density at radius 3 is 2.51 bits per heavy atom. The first-order chi connectivity index (χ1) is 17.5. The summed E-state index contributed by atoms with van der Waals surface area (Å²) in [7, 11) is 0. The Bertz CT molecular complexity index is 1190. The zero-order valence-electron chi connectivity index (χ0n) is 22.4. The minimum absolute atomic E-state index is 0.0525. The molecule has 0 aliphatic carbocycles. The van der Waals surface area contributed by atoms with Gasteiger partial charge in [0.05, 0.1) is 23.5 Å². The van der Waals surface area contributed by atoms with Crippen LogP contribution >= 0.6 is 0 Å². The molecule has 37 heavy (non-hydrogen) atoms. The summed E-state index contributed by atoms with van der Waals surface area (Å²) in [5.74, 6) is 0.448. The number of carbonyl (C=O) groups excluding carboxylic acids is 1. The van der Waals surface area contributed by atoms with Crippen LogP contribution in [0.25, 0.3) is 11.3 Å². The topological polar surface area (TPSA) is 125 Å². The third kappa shape index (κ3) is 5.95. The second kappa shape index (κ2) is 10.8. The number of nitrogens with zero attached hydrogens (tertiary/aromatic N) is 3. The van der Waals surface area contributed by atoms with Crippen molar-refractivity contribution >= 4 is 5.91 Å².